The van der Waals surface area contributed by atoms with Crippen molar-refractivity contribution in [3.8, 4) is 5.69 Å². The van der Waals surface area contributed by atoms with E-state index in [0.29, 0.717) is 10.7 Å². The number of hydrogen-bond donors (Lipinski definition) is 2. The number of nitrogens with two attached hydrogens (primary N) is 1. The molecule has 2 atom stereocenters. The van der Waals surface area contributed by atoms with Gasteiger partial charge >= 0.3 is 0 Å². The van der Waals surface area contributed by atoms with Crippen molar-refractivity contribution in [3.63, 3.8) is 0 Å². The molecule has 0 spiro atoms. The minimum Gasteiger partial charge on any atom is -0.369 e. The lowest BCUT2D eigenvalue weighted by atomic mass is 9.84. The smallest absolute Gasteiger partial charge is 0.272 e. The number of primary amides is 1. The Kier molecular flexibility index (Phi) is 4.85. The molecule has 3 N–H and O–H groups in total. The van der Waals surface area contributed by atoms with Crippen molar-refractivity contribution in [2.24, 2.45) is 11.7 Å². The Labute approximate surface area is 145 Å². The topological polar surface area (TPSA) is 90.0 Å². The van der Waals surface area contributed by atoms with E-state index in [1.165, 1.54) is 0 Å². The average molecular weight is 347 g/mol. The summed E-state index contributed by atoms with van der Waals surface area (Å²) in [5.41, 5.74) is 6.56. The molecule has 0 unspecified atom stereocenters. The Morgan fingerprint density at radius 3 is 2.58 bits per heavy atom. The van der Waals surface area contributed by atoms with E-state index in [1.54, 1.807) is 29.1 Å². The summed E-state index contributed by atoms with van der Waals surface area (Å²) in [5, 5.41) is 7.83. The molecule has 126 valence electrons. The summed E-state index contributed by atoms with van der Waals surface area (Å²) in [6.45, 7) is 0. The number of aromatic nitrogens is 2. The molecule has 1 aliphatic rings. The van der Waals surface area contributed by atoms with Gasteiger partial charge < -0.3 is 11.1 Å². The van der Waals surface area contributed by atoms with Gasteiger partial charge in [0.2, 0.25) is 5.91 Å². The maximum atomic E-state index is 12.4. The normalized spacial score (nSPS) is 20.5. The van der Waals surface area contributed by atoms with Crippen molar-refractivity contribution in [3.05, 3.63) is 47.2 Å². The first-order chi connectivity index (χ1) is 11.5. The number of carbonyl (C=O) groups is 2. The van der Waals surface area contributed by atoms with Crippen LogP contribution in [0.3, 0.4) is 0 Å². The fraction of sp³-hybridized carbons (Fsp3) is 0.353. The van der Waals surface area contributed by atoms with E-state index < -0.39 is 0 Å². The van der Waals surface area contributed by atoms with Gasteiger partial charge in [0.25, 0.3) is 5.91 Å². The molecule has 1 heterocycles. The van der Waals surface area contributed by atoms with Gasteiger partial charge in [-0.25, -0.2) is 4.68 Å². The molecule has 7 heteroatoms. The number of benzene rings is 1. The Hall–Kier alpha value is -2.34. The van der Waals surface area contributed by atoms with Gasteiger partial charge in [0.15, 0.2) is 5.69 Å². The maximum absolute atomic E-state index is 12.4. The van der Waals surface area contributed by atoms with Gasteiger partial charge in [0, 0.05) is 17.3 Å². The molecule has 3 rings (SSSR count). The maximum Gasteiger partial charge on any atom is 0.272 e. The highest BCUT2D eigenvalue weighted by Crippen LogP contribution is 2.24. The van der Waals surface area contributed by atoms with Crippen LogP contribution in [-0.4, -0.2) is 27.6 Å². The summed E-state index contributed by atoms with van der Waals surface area (Å²) in [4.78, 5) is 24.0. The van der Waals surface area contributed by atoms with Gasteiger partial charge in [0.1, 0.15) is 0 Å². The summed E-state index contributed by atoms with van der Waals surface area (Å²) in [5.74, 6) is -0.950. The zero-order chi connectivity index (χ0) is 17.1. The van der Waals surface area contributed by atoms with E-state index in [4.69, 9.17) is 17.3 Å². The summed E-state index contributed by atoms with van der Waals surface area (Å²) in [6.07, 6.45) is 5.14. The third-order valence-electron chi connectivity index (χ3n) is 4.36. The van der Waals surface area contributed by atoms with Crippen molar-refractivity contribution in [1.82, 2.24) is 15.1 Å². The van der Waals surface area contributed by atoms with E-state index in [2.05, 4.69) is 10.4 Å². The molecule has 0 saturated heterocycles. The second-order valence-electron chi connectivity index (χ2n) is 6.00. The van der Waals surface area contributed by atoms with Crippen LogP contribution in [0.5, 0.6) is 0 Å². The molecule has 6 nitrogen and oxygen atoms in total. The number of nitrogens with zero attached hydrogens (tertiary/aromatic N) is 2. The molecule has 0 aliphatic heterocycles. The number of hydrogen-bond acceptors (Lipinski definition) is 3. The van der Waals surface area contributed by atoms with Crippen LogP contribution in [0.4, 0.5) is 0 Å². The molecule has 2 aromatic rings. The van der Waals surface area contributed by atoms with Gasteiger partial charge in [-0.1, -0.05) is 24.4 Å². The average Bonchev–Trinajstić information content (AvgIpc) is 3.06. The largest absolute Gasteiger partial charge is 0.369 e. The zero-order valence-corrected chi connectivity index (χ0v) is 13.9. The van der Waals surface area contributed by atoms with Crippen LogP contribution < -0.4 is 11.1 Å². The molecular weight excluding hydrogens is 328 g/mol. The third-order valence-corrected chi connectivity index (χ3v) is 4.61. The van der Waals surface area contributed by atoms with Gasteiger partial charge in [0.05, 0.1) is 11.6 Å². The number of rotatable bonds is 4. The number of amides is 2. The summed E-state index contributed by atoms with van der Waals surface area (Å²) < 4.78 is 1.61. The number of nitrogens with one attached hydrogen (secondary N) is 1. The summed E-state index contributed by atoms with van der Waals surface area (Å²) in [6, 6.07) is 8.59. The SMILES string of the molecule is NC(=O)[C@H]1CCCC[C@@H]1NC(=O)c1ccn(-c2ccc(Cl)cc2)n1. The number of carbonyl (C=O) groups excluding carboxylic acids is 2. The lowest BCUT2D eigenvalue weighted by Crippen LogP contribution is -2.47. The van der Waals surface area contributed by atoms with Crippen LogP contribution in [0.2, 0.25) is 5.02 Å². The van der Waals surface area contributed by atoms with Crippen molar-refractivity contribution in [2.45, 2.75) is 31.7 Å². The second kappa shape index (κ2) is 7.05. The zero-order valence-electron chi connectivity index (χ0n) is 13.1. The Morgan fingerprint density at radius 2 is 1.88 bits per heavy atom. The monoisotopic (exact) mass is 346 g/mol. The standard InChI is InChI=1S/C17H19ClN4O2/c18-11-5-7-12(8-6-11)22-10-9-15(21-22)17(24)20-14-4-2-1-3-13(14)16(19)23/h5-10,13-14H,1-4H2,(H2,19,23)(H,20,24)/t13-,14-/m0/s1. The van der Waals surface area contributed by atoms with Crippen LogP contribution in [0.15, 0.2) is 36.5 Å². The van der Waals surface area contributed by atoms with Crippen LogP contribution in [0.1, 0.15) is 36.2 Å². The van der Waals surface area contributed by atoms with Crippen LogP contribution in [-0.2, 0) is 4.79 Å². The molecule has 1 aromatic carbocycles. The van der Waals surface area contributed by atoms with E-state index >= 15 is 0 Å². The first-order valence-corrected chi connectivity index (χ1v) is 8.34. The quantitative estimate of drug-likeness (QED) is 0.890. The summed E-state index contributed by atoms with van der Waals surface area (Å²) in [7, 11) is 0. The predicted molar refractivity (Wildman–Crippen MR) is 91.0 cm³/mol. The molecule has 1 saturated carbocycles. The molecule has 2 amide bonds. The molecule has 24 heavy (non-hydrogen) atoms. The molecule has 0 bridgehead atoms. The van der Waals surface area contributed by atoms with Crippen molar-refractivity contribution in [2.75, 3.05) is 0 Å². The Bertz CT molecular complexity index is 741. The predicted octanol–water partition coefficient (Wildman–Crippen LogP) is 2.30. The van der Waals surface area contributed by atoms with Gasteiger partial charge in [-0.15, -0.1) is 0 Å². The van der Waals surface area contributed by atoms with Gasteiger partial charge in [-0.2, -0.15) is 5.10 Å². The molecule has 1 aliphatic carbocycles. The minimum atomic E-state index is -0.355. The molecule has 1 fully saturated rings. The lowest BCUT2D eigenvalue weighted by molar-refractivity contribution is -0.123. The van der Waals surface area contributed by atoms with E-state index in [1.807, 2.05) is 12.1 Å². The van der Waals surface area contributed by atoms with Crippen molar-refractivity contribution >= 4 is 23.4 Å². The first kappa shape index (κ1) is 16.5. The van der Waals surface area contributed by atoms with Crippen molar-refractivity contribution < 1.29 is 9.59 Å². The van der Waals surface area contributed by atoms with Gasteiger partial charge in [-0.3, -0.25) is 9.59 Å². The Balaban J connectivity index is 1.71. The summed E-state index contributed by atoms with van der Waals surface area (Å²) >= 11 is 5.87. The van der Waals surface area contributed by atoms with Crippen molar-refractivity contribution in [1.29, 1.82) is 0 Å². The van der Waals surface area contributed by atoms with Crippen LogP contribution in [0.25, 0.3) is 5.69 Å². The highest BCUT2D eigenvalue weighted by molar-refractivity contribution is 6.30. The fourth-order valence-corrected chi connectivity index (χ4v) is 3.20. The highest BCUT2D eigenvalue weighted by Gasteiger charge is 2.31. The van der Waals surface area contributed by atoms with E-state index in [0.717, 1.165) is 31.4 Å². The molecule has 1 aromatic heterocycles. The van der Waals surface area contributed by atoms with Crippen LogP contribution in [0, 0.1) is 5.92 Å². The number of halogens is 1. The third kappa shape index (κ3) is 3.59. The fourth-order valence-electron chi connectivity index (χ4n) is 3.07. The molecule has 0 radical (unpaired) electrons. The van der Waals surface area contributed by atoms with E-state index in [9.17, 15) is 9.59 Å². The Morgan fingerprint density at radius 1 is 1.17 bits per heavy atom. The second-order valence-corrected chi connectivity index (χ2v) is 6.43. The molecular formula is C17H19ClN4O2. The minimum absolute atomic E-state index is 0.218. The lowest BCUT2D eigenvalue weighted by Gasteiger charge is -2.29. The first-order valence-electron chi connectivity index (χ1n) is 7.96. The highest BCUT2D eigenvalue weighted by atomic mass is 35.5. The van der Waals surface area contributed by atoms with Gasteiger partial charge in [-0.05, 0) is 43.2 Å². The van der Waals surface area contributed by atoms with E-state index in [-0.39, 0.29) is 23.8 Å². The van der Waals surface area contributed by atoms with Crippen LogP contribution >= 0.6 is 11.6 Å².